The maximum Gasteiger partial charge on any atom is 0.127 e. The van der Waals surface area contributed by atoms with Gasteiger partial charge in [-0.1, -0.05) is 56.9 Å². The number of hydrogen-bond acceptors (Lipinski definition) is 2. The van der Waals surface area contributed by atoms with E-state index in [2.05, 4.69) is 66.7 Å². The van der Waals surface area contributed by atoms with Crippen LogP contribution < -0.4 is 4.74 Å². The Balaban J connectivity index is 0.000000214. The molecule has 1 N–H and O–H groups in total. The number of ether oxygens (including phenoxy) is 1. The molecule has 33 heavy (non-hydrogen) atoms. The van der Waals surface area contributed by atoms with Gasteiger partial charge >= 0.3 is 0 Å². The summed E-state index contributed by atoms with van der Waals surface area (Å²) in [5.74, 6) is 3.97. The molecule has 1 aromatic rings. The molecular weight excluding hydrogens is 404 g/mol. The second kappa shape index (κ2) is 9.16. The Morgan fingerprint density at radius 3 is 2.45 bits per heavy atom. The predicted octanol–water partition coefficient (Wildman–Crippen LogP) is 8.73. The van der Waals surface area contributed by atoms with Gasteiger partial charge in [0.1, 0.15) is 17.1 Å². The normalized spacial score (nSPS) is 30.3. The smallest absolute Gasteiger partial charge is 0.127 e. The van der Waals surface area contributed by atoms with Gasteiger partial charge in [-0.25, -0.2) is 0 Å². The summed E-state index contributed by atoms with van der Waals surface area (Å²) in [6.45, 7) is 15.9. The van der Waals surface area contributed by atoms with Crippen molar-refractivity contribution in [3.8, 4) is 11.5 Å². The average Bonchev–Trinajstić information content (AvgIpc) is 2.73. The molecular formula is C31H46O2. The Labute approximate surface area is 202 Å². The third-order valence-corrected chi connectivity index (χ3v) is 9.34. The third kappa shape index (κ3) is 4.64. The lowest BCUT2D eigenvalue weighted by Gasteiger charge is -2.56. The number of hydrogen-bond donors (Lipinski definition) is 1. The molecule has 182 valence electrons. The molecule has 4 atom stereocenters. The molecule has 0 aromatic heterocycles. The van der Waals surface area contributed by atoms with Crippen LogP contribution in [0.15, 0.2) is 35.4 Å². The fourth-order valence-electron chi connectivity index (χ4n) is 6.96. The number of unbranched alkanes of at least 4 members (excludes halogenated alkanes) is 2. The molecule has 2 bridgehead atoms. The Hall–Kier alpha value is -1.70. The Kier molecular flexibility index (Phi) is 6.78. The first-order valence-electron chi connectivity index (χ1n) is 13.4. The van der Waals surface area contributed by atoms with Crippen LogP contribution in [0, 0.1) is 23.2 Å². The summed E-state index contributed by atoms with van der Waals surface area (Å²) in [7, 11) is 0. The fourth-order valence-corrected chi connectivity index (χ4v) is 6.96. The maximum atomic E-state index is 10.7. The van der Waals surface area contributed by atoms with Crippen molar-refractivity contribution < 1.29 is 9.84 Å². The van der Waals surface area contributed by atoms with Crippen LogP contribution in [0.4, 0.5) is 0 Å². The number of aryl methyl sites for hydroxylation is 1. The minimum Gasteiger partial charge on any atom is -0.507 e. The van der Waals surface area contributed by atoms with E-state index in [0.29, 0.717) is 17.1 Å². The highest BCUT2D eigenvalue weighted by molar-refractivity contribution is 5.54. The van der Waals surface area contributed by atoms with E-state index >= 15 is 0 Å². The van der Waals surface area contributed by atoms with E-state index in [9.17, 15) is 5.11 Å². The summed E-state index contributed by atoms with van der Waals surface area (Å²) >= 11 is 0. The van der Waals surface area contributed by atoms with Crippen molar-refractivity contribution in [2.24, 2.45) is 23.2 Å². The first-order valence-corrected chi connectivity index (χ1v) is 13.4. The zero-order valence-electron chi connectivity index (χ0n) is 22.1. The molecule has 6 rings (SSSR count). The lowest BCUT2D eigenvalue weighted by Crippen LogP contribution is -2.47. The van der Waals surface area contributed by atoms with Gasteiger partial charge in [0.15, 0.2) is 0 Å². The molecule has 2 nitrogen and oxygen atoms in total. The van der Waals surface area contributed by atoms with Crippen molar-refractivity contribution in [1.82, 2.24) is 0 Å². The van der Waals surface area contributed by atoms with Crippen LogP contribution in [0.1, 0.15) is 110 Å². The molecule has 1 heterocycles. The van der Waals surface area contributed by atoms with E-state index in [4.69, 9.17) is 4.74 Å². The summed E-state index contributed by atoms with van der Waals surface area (Å²) in [5, 5.41) is 10.7. The first kappa shape index (κ1) is 24.4. The van der Waals surface area contributed by atoms with E-state index in [-0.39, 0.29) is 11.5 Å². The molecule has 0 saturated heterocycles. The highest BCUT2D eigenvalue weighted by Gasteiger charge is 2.50. The van der Waals surface area contributed by atoms with Gasteiger partial charge in [-0.3, -0.25) is 0 Å². The molecule has 0 spiro atoms. The molecule has 1 fully saturated rings. The largest absolute Gasteiger partial charge is 0.507 e. The number of rotatable bonds is 4. The SMILES string of the molecule is CC1=CC[C@H]2C[C@@H]1C2(C)C.CCCCCc1cc(O)c2c(c1)OC(C)(C)[C@@H]1CCC(C)=C[C@@H]21. The van der Waals surface area contributed by atoms with Gasteiger partial charge < -0.3 is 9.84 Å². The van der Waals surface area contributed by atoms with Gasteiger partial charge in [-0.05, 0) is 101 Å². The monoisotopic (exact) mass is 450 g/mol. The number of fused-ring (bicyclic) bond motifs is 4. The lowest BCUT2D eigenvalue weighted by atomic mass is 9.49. The van der Waals surface area contributed by atoms with Gasteiger partial charge in [0.2, 0.25) is 0 Å². The van der Waals surface area contributed by atoms with Crippen molar-refractivity contribution in [3.63, 3.8) is 0 Å². The van der Waals surface area contributed by atoms with Crippen LogP contribution in [0.2, 0.25) is 0 Å². The van der Waals surface area contributed by atoms with Crippen molar-refractivity contribution in [2.45, 2.75) is 111 Å². The van der Waals surface area contributed by atoms with E-state index in [1.807, 2.05) is 6.07 Å². The van der Waals surface area contributed by atoms with Crippen LogP contribution in [-0.2, 0) is 6.42 Å². The molecule has 0 radical (unpaired) electrons. The summed E-state index contributed by atoms with van der Waals surface area (Å²) in [4.78, 5) is 0. The minimum absolute atomic E-state index is 0.177. The Morgan fingerprint density at radius 1 is 1.09 bits per heavy atom. The van der Waals surface area contributed by atoms with Crippen molar-refractivity contribution in [3.05, 3.63) is 46.6 Å². The molecule has 1 saturated carbocycles. The van der Waals surface area contributed by atoms with Gasteiger partial charge in [-0.15, -0.1) is 0 Å². The van der Waals surface area contributed by atoms with Crippen LogP contribution in [0.5, 0.6) is 11.5 Å². The number of allylic oxidation sites excluding steroid dienone is 4. The van der Waals surface area contributed by atoms with Crippen molar-refractivity contribution in [1.29, 1.82) is 0 Å². The standard InChI is InChI=1S/C21H30O2.C10H16/c1-5-6-7-8-15-12-18(22)20-16-11-14(2)9-10-17(16)21(3,4)23-19(20)13-15;1-7-4-5-8-6-9(7)10(8,2)3/h11-13,16-17,22H,5-10H2,1-4H3;4,8-9H,5-6H2,1-3H3/t16-,17-;8-,9-/m10/s1. The molecule has 0 unspecified atom stereocenters. The second-order valence-corrected chi connectivity index (χ2v) is 12.4. The van der Waals surface area contributed by atoms with E-state index in [1.165, 1.54) is 43.2 Å². The quantitative estimate of drug-likeness (QED) is 0.367. The Bertz CT molecular complexity index is 932. The molecule has 2 heteroatoms. The van der Waals surface area contributed by atoms with E-state index < -0.39 is 0 Å². The number of phenolic OH excluding ortho intramolecular Hbond substituents is 1. The van der Waals surface area contributed by atoms with Crippen molar-refractivity contribution in [2.75, 3.05) is 0 Å². The summed E-state index contributed by atoms with van der Waals surface area (Å²) in [6, 6.07) is 4.13. The van der Waals surface area contributed by atoms with Gasteiger partial charge in [-0.2, -0.15) is 0 Å². The molecule has 4 aliphatic carbocycles. The highest BCUT2D eigenvalue weighted by Crippen LogP contribution is 2.59. The Morgan fingerprint density at radius 2 is 1.85 bits per heavy atom. The van der Waals surface area contributed by atoms with Gasteiger partial charge in [0.05, 0.1) is 0 Å². The number of aromatic hydroxyl groups is 1. The van der Waals surface area contributed by atoms with Crippen LogP contribution >= 0.6 is 0 Å². The van der Waals surface area contributed by atoms with E-state index in [1.54, 1.807) is 5.57 Å². The molecule has 1 aliphatic heterocycles. The molecule has 1 aromatic carbocycles. The number of phenols is 1. The van der Waals surface area contributed by atoms with Gasteiger partial charge in [0, 0.05) is 17.4 Å². The predicted molar refractivity (Wildman–Crippen MR) is 139 cm³/mol. The van der Waals surface area contributed by atoms with Gasteiger partial charge in [0.25, 0.3) is 0 Å². The maximum absolute atomic E-state index is 10.7. The summed E-state index contributed by atoms with van der Waals surface area (Å²) in [5.41, 5.74) is 5.74. The highest BCUT2D eigenvalue weighted by atomic mass is 16.5. The summed E-state index contributed by atoms with van der Waals surface area (Å²) in [6.07, 6.45) is 14.5. The first-order chi connectivity index (χ1) is 15.5. The fraction of sp³-hybridized carbons (Fsp3) is 0.677. The zero-order valence-corrected chi connectivity index (χ0v) is 22.1. The zero-order chi connectivity index (χ0) is 24.0. The molecule has 0 amide bonds. The van der Waals surface area contributed by atoms with Crippen LogP contribution in [0.25, 0.3) is 0 Å². The summed E-state index contributed by atoms with van der Waals surface area (Å²) < 4.78 is 6.36. The molecule has 5 aliphatic rings. The van der Waals surface area contributed by atoms with E-state index in [0.717, 1.165) is 42.4 Å². The van der Waals surface area contributed by atoms with Crippen LogP contribution in [-0.4, -0.2) is 10.7 Å². The van der Waals surface area contributed by atoms with Crippen molar-refractivity contribution >= 4 is 0 Å². The minimum atomic E-state index is -0.177. The average molecular weight is 451 g/mol. The second-order valence-electron chi connectivity index (χ2n) is 12.4. The lowest BCUT2D eigenvalue weighted by molar-refractivity contribution is -0.00579. The third-order valence-electron chi connectivity index (χ3n) is 9.34. The topological polar surface area (TPSA) is 29.5 Å². The number of benzene rings is 1. The van der Waals surface area contributed by atoms with Crippen LogP contribution in [0.3, 0.4) is 0 Å².